The van der Waals surface area contributed by atoms with E-state index in [0.29, 0.717) is 29.6 Å². The molecule has 6 nitrogen and oxygen atoms in total. The first-order chi connectivity index (χ1) is 15.8. The third kappa shape index (κ3) is 3.57. The van der Waals surface area contributed by atoms with E-state index >= 15 is 0 Å². The molecule has 3 aliphatic rings. The standard InChI is InChI=1S/C28H41NO5/c1-8-10-11-16(3)25(32)34-24-19(9-2)14-27-18(5)12-17(4)26(6,7)21(23(27)31)13-20(15-30)22(29)28(24,27)33/h8,10-11,13-14,17-18,21-22,24,30,33H,9,12,15,29H2,1-7H3/b10-8-,16-11+/t17-,18+,21?,22?,24?,27?,28?/m0/s1. The van der Waals surface area contributed by atoms with Crippen LogP contribution in [0.3, 0.4) is 0 Å². The summed E-state index contributed by atoms with van der Waals surface area (Å²) >= 11 is 0. The van der Waals surface area contributed by atoms with Crippen molar-refractivity contribution in [3.05, 3.63) is 47.1 Å². The van der Waals surface area contributed by atoms with Gasteiger partial charge in [0.15, 0.2) is 11.9 Å². The van der Waals surface area contributed by atoms with Crippen LogP contribution in [0.15, 0.2) is 47.1 Å². The lowest BCUT2D eigenvalue weighted by atomic mass is 9.59. The van der Waals surface area contributed by atoms with Crippen molar-refractivity contribution in [1.82, 2.24) is 0 Å². The van der Waals surface area contributed by atoms with Gasteiger partial charge in [0, 0.05) is 11.5 Å². The van der Waals surface area contributed by atoms with Crippen LogP contribution in [0.1, 0.15) is 61.3 Å². The Morgan fingerprint density at radius 1 is 1.26 bits per heavy atom. The number of Topliss-reactive ketones (excluding diaryl/α,β-unsaturated/α-hetero) is 1. The van der Waals surface area contributed by atoms with Gasteiger partial charge in [0.25, 0.3) is 0 Å². The molecule has 0 aromatic carbocycles. The van der Waals surface area contributed by atoms with Crippen LogP contribution in [0.2, 0.25) is 0 Å². The molecule has 4 N–H and O–H groups in total. The van der Waals surface area contributed by atoms with E-state index in [1.165, 1.54) is 0 Å². The molecule has 0 radical (unpaired) electrons. The highest BCUT2D eigenvalue weighted by atomic mass is 16.6. The minimum Gasteiger partial charge on any atom is -0.451 e. The molecular weight excluding hydrogens is 430 g/mol. The first-order valence-electron chi connectivity index (χ1n) is 12.4. The van der Waals surface area contributed by atoms with E-state index in [-0.39, 0.29) is 24.2 Å². The lowest BCUT2D eigenvalue weighted by Crippen LogP contribution is -2.68. The maximum Gasteiger partial charge on any atom is 0.334 e. The molecule has 1 saturated carbocycles. The first-order valence-corrected chi connectivity index (χ1v) is 12.4. The van der Waals surface area contributed by atoms with Gasteiger partial charge in [-0.15, -0.1) is 0 Å². The number of hydrogen-bond acceptors (Lipinski definition) is 6. The molecule has 0 aromatic rings. The number of carbonyl (C=O) groups excluding carboxylic acids is 2. The van der Waals surface area contributed by atoms with Gasteiger partial charge in [-0.05, 0) is 55.1 Å². The van der Waals surface area contributed by atoms with Crippen LogP contribution in [-0.2, 0) is 14.3 Å². The first kappa shape index (κ1) is 26.6. The third-order valence-corrected chi connectivity index (χ3v) is 8.99. The van der Waals surface area contributed by atoms with Crippen molar-refractivity contribution in [3.63, 3.8) is 0 Å². The number of aliphatic hydroxyl groups excluding tert-OH is 1. The monoisotopic (exact) mass is 471 g/mol. The molecule has 0 aromatic heterocycles. The van der Waals surface area contributed by atoms with Crippen LogP contribution in [0, 0.1) is 28.6 Å². The Bertz CT molecular complexity index is 973. The number of allylic oxidation sites excluding steroid dienone is 4. The summed E-state index contributed by atoms with van der Waals surface area (Å²) in [4.78, 5) is 27.5. The lowest BCUT2D eigenvalue weighted by Gasteiger charge is -2.49. The summed E-state index contributed by atoms with van der Waals surface area (Å²) in [6, 6.07) is -1.07. The van der Waals surface area contributed by atoms with Crippen LogP contribution in [0.4, 0.5) is 0 Å². The molecule has 3 rings (SSSR count). The van der Waals surface area contributed by atoms with Crippen molar-refractivity contribution in [1.29, 1.82) is 0 Å². The van der Waals surface area contributed by atoms with E-state index in [0.717, 1.165) is 0 Å². The summed E-state index contributed by atoms with van der Waals surface area (Å²) in [6.07, 6.45) is 8.94. The highest BCUT2D eigenvalue weighted by Gasteiger charge is 2.72. The number of nitrogens with two attached hydrogens (primary N) is 1. The Labute approximate surface area is 203 Å². The summed E-state index contributed by atoms with van der Waals surface area (Å²) in [7, 11) is 0. The molecule has 6 heteroatoms. The second kappa shape index (κ2) is 9.21. The molecule has 2 bridgehead atoms. The minimum atomic E-state index is -1.91. The van der Waals surface area contributed by atoms with Crippen molar-refractivity contribution >= 4 is 11.8 Å². The van der Waals surface area contributed by atoms with Gasteiger partial charge in [-0.3, -0.25) is 4.79 Å². The van der Waals surface area contributed by atoms with Gasteiger partial charge in [-0.2, -0.15) is 0 Å². The molecule has 0 amide bonds. The van der Waals surface area contributed by atoms with Crippen molar-refractivity contribution in [2.24, 2.45) is 34.3 Å². The van der Waals surface area contributed by atoms with E-state index in [9.17, 15) is 19.8 Å². The number of carbonyl (C=O) groups is 2. The summed E-state index contributed by atoms with van der Waals surface area (Å²) in [5.41, 5.74) is 4.56. The predicted molar refractivity (Wildman–Crippen MR) is 133 cm³/mol. The van der Waals surface area contributed by atoms with Gasteiger partial charge in [0.2, 0.25) is 0 Å². The van der Waals surface area contributed by atoms with Crippen LogP contribution in [0.5, 0.6) is 0 Å². The summed E-state index contributed by atoms with van der Waals surface area (Å²) in [5, 5.41) is 22.9. The molecular formula is C28H41NO5. The number of rotatable bonds is 5. The van der Waals surface area contributed by atoms with E-state index in [1.54, 1.807) is 31.2 Å². The van der Waals surface area contributed by atoms with Gasteiger partial charge in [0.05, 0.1) is 18.1 Å². The molecule has 1 fully saturated rings. The number of fused-ring (bicyclic) bond motifs is 1. The Morgan fingerprint density at radius 2 is 1.91 bits per heavy atom. The Kier molecular flexibility index (Phi) is 7.20. The number of aliphatic hydroxyl groups is 2. The number of esters is 1. The van der Waals surface area contributed by atoms with E-state index in [4.69, 9.17) is 10.5 Å². The fourth-order valence-corrected chi connectivity index (χ4v) is 6.38. The zero-order valence-electron chi connectivity index (χ0n) is 21.6. The highest BCUT2D eigenvalue weighted by Crippen LogP contribution is 2.62. The Morgan fingerprint density at radius 3 is 2.47 bits per heavy atom. The second-order valence-electron chi connectivity index (χ2n) is 11.0. The Hall–Kier alpha value is -2.02. The zero-order valence-corrected chi connectivity index (χ0v) is 21.6. The maximum atomic E-state index is 14.5. The molecule has 0 aliphatic heterocycles. The Balaban J connectivity index is 2.27. The number of ketones is 1. The smallest absolute Gasteiger partial charge is 0.334 e. The lowest BCUT2D eigenvalue weighted by molar-refractivity contribution is -0.181. The minimum absolute atomic E-state index is 0.110. The number of hydrogen-bond donors (Lipinski definition) is 3. The van der Waals surface area contributed by atoms with Crippen LogP contribution in [-0.4, -0.2) is 46.3 Å². The fraction of sp³-hybridized carbons (Fsp3) is 0.643. The SMILES string of the molecule is C/C=C\C=C(/C)C(=O)OC1C(CC)=CC23C(=O)C(C=C(CO)C(N)C12O)C(C)(C)[C@@H](C)C[C@H]3C. The normalized spacial score (nSPS) is 39.8. The molecule has 5 unspecified atom stereocenters. The van der Waals surface area contributed by atoms with Crippen LogP contribution in [0.25, 0.3) is 0 Å². The maximum absolute atomic E-state index is 14.5. The zero-order chi connectivity index (χ0) is 25.6. The van der Waals surface area contributed by atoms with E-state index in [1.807, 2.05) is 26.8 Å². The van der Waals surface area contributed by atoms with Gasteiger partial charge < -0.3 is 20.7 Å². The summed E-state index contributed by atoms with van der Waals surface area (Å²) < 4.78 is 5.97. The summed E-state index contributed by atoms with van der Waals surface area (Å²) in [6.45, 7) is 13.3. The molecule has 3 aliphatic carbocycles. The van der Waals surface area contributed by atoms with Gasteiger partial charge in [-0.1, -0.05) is 65.0 Å². The van der Waals surface area contributed by atoms with Crippen molar-refractivity contribution < 1.29 is 24.5 Å². The molecule has 0 heterocycles. The average Bonchev–Trinajstić information content (AvgIpc) is 3.00. The molecule has 34 heavy (non-hydrogen) atoms. The van der Waals surface area contributed by atoms with Crippen molar-refractivity contribution in [2.45, 2.75) is 79.1 Å². The van der Waals surface area contributed by atoms with Gasteiger partial charge >= 0.3 is 5.97 Å². The average molecular weight is 472 g/mol. The predicted octanol–water partition coefficient (Wildman–Crippen LogP) is 3.64. The molecule has 7 atom stereocenters. The highest BCUT2D eigenvalue weighted by molar-refractivity contribution is 5.95. The van der Waals surface area contributed by atoms with Gasteiger partial charge in [-0.25, -0.2) is 4.79 Å². The van der Waals surface area contributed by atoms with Crippen molar-refractivity contribution in [3.8, 4) is 0 Å². The van der Waals surface area contributed by atoms with Crippen LogP contribution >= 0.6 is 0 Å². The van der Waals surface area contributed by atoms with Gasteiger partial charge in [0.1, 0.15) is 5.60 Å². The van der Waals surface area contributed by atoms with E-state index < -0.39 is 40.5 Å². The molecule has 188 valence electrons. The molecule has 1 spiro atoms. The topological polar surface area (TPSA) is 110 Å². The van der Waals surface area contributed by atoms with E-state index in [2.05, 4.69) is 20.8 Å². The fourth-order valence-electron chi connectivity index (χ4n) is 6.38. The van der Waals surface area contributed by atoms with Crippen molar-refractivity contribution in [2.75, 3.05) is 6.61 Å². The third-order valence-electron chi connectivity index (χ3n) is 8.99. The second-order valence-corrected chi connectivity index (χ2v) is 11.0. The van der Waals surface area contributed by atoms with Crippen LogP contribution < -0.4 is 5.73 Å². The quantitative estimate of drug-likeness (QED) is 0.244. The largest absolute Gasteiger partial charge is 0.451 e. The summed E-state index contributed by atoms with van der Waals surface area (Å²) in [5.74, 6) is -1.28. The number of ether oxygens (including phenoxy) is 1. The molecule has 0 saturated heterocycles.